The normalized spacial score (nSPS) is 13.1. The molecule has 0 aliphatic rings. The Morgan fingerprint density at radius 2 is 1.58 bits per heavy atom. The molecular weight excluding hydrogens is 252 g/mol. The van der Waals surface area contributed by atoms with Crippen LogP contribution in [0.2, 0.25) is 0 Å². The predicted octanol–water partition coefficient (Wildman–Crippen LogP) is 5.27. The van der Waals surface area contributed by atoms with Crippen LogP contribution in [0.15, 0.2) is 18.2 Å². The summed E-state index contributed by atoms with van der Waals surface area (Å²) in [5.41, 5.74) is 2.64. The minimum absolute atomic E-state index is 0.491. The van der Waals surface area contributed by atoms with Crippen molar-refractivity contribution < 1.29 is 4.74 Å². The molecule has 0 amide bonds. The second kappa shape index (κ2) is 7.84. The summed E-state index contributed by atoms with van der Waals surface area (Å²) in [7, 11) is 0. The van der Waals surface area contributed by atoms with Crippen molar-refractivity contribution in [2.75, 3.05) is 12.4 Å². The van der Waals surface area contributed by atoms with Crippen LogP contribution in [0.1, 0.15) is 64.0 Å². The molecule has 19 heavy (non-hydrogen) atoms. The molecular formula is C17H28OS. The lowest BCUT2D eigenvalue weighted by molar-refractivity contribution is 0.253. The monoisotopic (exact) mass is 280 g/mol. The van der Waals surface area contributed by atoms with Gasteiger partial charge in [-0.2, -0.15) is 12.6 Å². The molecule has 0 fully saturated rings. The van der Waals surface area contributed by atoms with Gasteiger partial charge in [0.05, 0.1) is 6.61 Å². The van der Waals surface area contributed by atoms with E-state index in [1.165, 1.54) is 11.1 Å². The third-order valence-electron chi connectivity index (χ3n) is 3.62. The highest BCUT2D eigenvalue weighted by Gasteiger charge is 2.16. The van der Waals surface area contributed by atoms with Crippen molar-refractivity contribution >= 4 is 12.6 Å². The molecule has 0 bridgehead atoms. The number of ether oxygens (including phenoxy) is 1. The molecule has 0 aliphatic carbocycles. The molecule has 1 aromatic rings. The summed E-state index contributed by atoms with van der Waals surface area (Å²) in [6.45, 7) is 11.9. The highest BCUT2D eigenvalue weighted by molar-refractivity contribution is 7.80. The van der Waals surface area contributed by atoms with Gasteiger partial charge in [-0.05, 0) is 35.1 Å². The Bertz CT molecular complexity index is 355. The van der Waals surface area contributed by atoms with Crippen molar-refractivity contribution in [3.05, 3.63) is 29.3 Å². The lowest BCUT2D eigenvalue weighted by atomic mass is 9.94. The zero-order chi connectivity index (χ0) is 14.4. The van der Waals surface area contributed by atoms with E-state index in [2.05, 4.69) is 65.4 Å². The largest absolute Gasteiger partial charge is 0.493 e. The maximum Gasteiger partial charge on any atom is 0.126 e. The van der Waals surface area contributed by atoms with Crippen LogP contribution >= 0.6 is 12.6 Å². The first-order valence-corrected chi connectivity index (χ1v) is 8.00. The lowest BCUT2D eigenvalue weighted by Gasteiger charge is -2.22. The maximum absolute atomic E-state index is 6.19. The number of para-hydroxylation sites is 1. The molecule has 1 unspecified atom stereocenters. The molecule has 2 heteroatoms. The molecule has 0 radical (unpaired) electrons. The average molecular weight is 280 g/mol. The van der Waals surface area contributed by atoms with Gasteiger partial charge in [0.25, 0.3) is 0 Å². The fourth-order valence-electron chi connectivity index (χ4n) is 2.15. The van der Waals surface area contributed by atoms with E-state index in [0.717, 1.165) is 24.5 Å². The Morgan fingerprint density at radius 3 is 1.95 bits per heavy atom. The van der Waals surface area contributed by atoms with E-state index in [4.69, 9.17) is 4.74 Å². The van der Waals surface area contributed by atoms with Gasteiger partial charge in [0.1, 0.15) is 5.75 Å². The molecule has 1 atom stereocenters. The van der Waals surface area contributed by atoms with E-state index in [-0.39, 0.29) is 0 Å². The summed E-state index contributed by atoms with van der Waals surface area (Å²) < 4.78 is 6.19. The van der Waals surface area contributed by atoms with E-state index in [9.17, 15) is 0 Å². The first-order chi connectivity index (χ1) is 9.01. The topological polar surface area (TPSA) is 9.23 Å². The zero-order valence-corrected chi connectivity index (χ0v) is 13.8. The molecule has 0 spiro atoms. The third kappa shape index (κ3) is 4.45. The first-order valence-electron chi connectivity index (χ1n) is 7.37. The van der Waals surface area contributed by atoms with E-state index in [1.807, 2.05) is 0 Å². The molecule has 0 N–H and O–H groups in total. The molecule has 0 saturated heterocycles. The second-order valence-corrected chi connectivity index (χ2v) is 6.21. The van der Waals surface area contributed by atoms with Crippen LogP contribution in [0.3, 0.4) is 0 Å². The summed E-state index contributed by atoms with van der Waals surface area (Å²) in [5, 5.41) is 0. The number of hydrogen-bond acceptors (Lipinski definition) is 2. The van der Waals surface area contributed by atoms with Crippen LogP contribution in [0, 0.1) is 5.92 Å². The van der Waals surface area contributed by atoms with Gasteiger partial charge in [0.15, 0.2) is 0 Å². The van der Waals surface area contributed by atoms with Crippen LogP contribution in [0.25, 0.3) is 0 Å². The van der Waals surface area contributed by atoms with Gasteiger partial charge in [-0.3, -0.25) is 0 Å². The quantitative estimate of drug-likeness (QED) is 0.670. The summed E-state index contributed by atoms with van der Waals surface area (Å²) in [6, 6.07) is 6.52. The summed E-state index contributed by atoms with van der Waals surface area (Å²) in [5.74, 6) is 3.50. The number of rotatable bonds is 7. The van der Waals surface area contributed by atoms with Gasteiger partial charge in [-0.25, -0.2) is 0 Å². The molecule has 1 rings (SSSR count). The van der Waals surface area contributed by atoms with Gasteiger partial charge in [-0.15, -0.1) is 0 Å². The molecule has 1 aromatic carbocycles. The SMILES string of the molecule is CCC(CS)COc1c(C(C)C)cccc1C(C)C. The predicted molar refractivity (Wildman–Crippen MR) is 87.7 cm³/mol. The second-order valence-electron chi connectivity index (χ2n) is 5.84. The Kier molecular flexibility index (Phi) is 6.78. The highest BCUT2D eigenvalue weighted by Crippen LogP contribution is 2.34. The summed E-state index contributed by atoms with van der Waals surface area (Å²) in [4.78, 5) is 0. The van der Waals surface area contributed by atoms with Crippen molar-refractivity contribution in [2.24, 2.45) is 5.92 Å². The van der Waals surface area contributed by atoms with Crippen molar-refractivity contribution in [2.45, 2.75) is 52.9 Å². The Balaban J connectivity index is 3.00. The standard InChI is InChI=1S/C17H28OS/c1-6-14(11-19)10-18-17-15(12(2)3)8-7-9-16(17)13(4)5/h7-9,12-14,19H,6,10-11H2,1-5H3. The van der Waals surface area contributed by atoms with Gasteiger partial charge in [0.2, 0.25) is 0 Å². The van der Waals surface area contributed by atoms with Crippen molar-refractivity contribution in [1.29, 1.82) is 0 Å². The van der Waals surface area contributed by atoms with Crippen LogP contribution in [-0.2, 0) is 0 Å². The Morgan fingerprint density at radius 1 is 1.05 bits per heavy atom. The summed E-state index contributed by atoms with van der Waals surface area (Å²) in [6.07, 6.45) is 1.12. The van der Waals surface area contributed by atoms with Crippen molar-refractivity contribution in [1.82, 2.24) is 0 Å². The van der Waals surface area contributed by atoms with E-state index >= 15 is 0 Å². The zero-order valence-electron chi connectivity index (χ0n) is 12.9. The van der Waals surface area contributed by atoms with Crippen LogP contribution in [-0.4, -0.2) is 12.4 Å². The smallest absolute Gasteiger partial charge is 0.126 e. The maximum atomic E-state index is 6.19. The number of thiol groups is 1. The summed E-state index contributed by atoms with van der Waals surface area (Å²) >= 11 is 4.40. The minimum atomic E-state index is 0.491. The van der Waals surface area contributed by atoms with E-state index < -0.39 is 0 Å². The number of benzene rings is 1. The van der Waals surface area contributed by atoms with Gasteiger partial charge < -0.3 is 4.74 Å². The first kappa shape index (κ1) is 16.4. The average Bonchev–Trinajstić information content (AvgIpc) is 2.39. The van der Waals surface area contributed by atoms with Crippen LogP contribution in [0.4, 0.5) is 0 Å². The fraction of sp³-hybridized carbons (Fsp3) is 0.647. The Hall–Kier alpha value is -0.630. The lowest BCUT2D eigenvalue weighted by Crippen LogP contribution is -2.15. The molecule has 1 nitrogen and oxygen atoms in total. The highest BCUT2D eigenvalue weighted by atomic mass is 32.1. The van der Waals surface area contributed by atoms with Gasteiger partial charge >= 0.3 is 0 Å². The van der Waals surface area contributed by atoms with Crippen LogP contribution < -0.4 is 4.74 Å². The van der Waals surface area contributed by atoms with Crippen molar-refractivity contribution in [3.63, 3.8) is 0 Å². The third-order valence-corrected chi connectivity index (χ3v) is 4.14. The van der Waals surface area contributed by atoms with Gasteiger partial charge in [0, 0.05) is 5.92 Å². The van der Waals surface area contributed by atoms with Gasteiger partial charge in [-0.1, -0.05) is 52.8 Å². The number of hydrogen-bond donors (Lipinski definition) is 1. The molecule has 0 heterocycles. The van der Waals surface area contributed by atoms with Crippen molar-refractivity contribution in [3.8, 4) is 5.75 Å². The fourth-order valence-corrected chi connectivity index (χ4v) is 2.51. The minimum Gasteiger partial charge on any atom is -0.493 e. The molecule has 0 aliphatic heterocycles. The van der Waals surface area contributed by atoms with Crippen LogP contribution in [0.5, 0.6) is 5.75 Å². The molecule has 108 valence electrons. The van der Waals surface area contributed by atoms with E-state index in [1.54, 1.807) is 0 Å². The molecule has 0 saturated carbocycles. The molecule has 0 aromatic heterocycles. The Labute approximate surface area is 124 Å². The van der Waals surface area contributed by atoms with E-state index in [0.29, 0.717) is 17.8 Å².